The molecule has 0 aliphatic carbocycles. The highest BCUT2D eigenvalue weighted by atomic mass is 32.1. The summed E-state index contributed by atoms with van der Waals surface area (Å²) in [5, 5.41) is 4.93. The fourth-order valence-corrected chi connectivity index (χ4v) is 4.48. The third-order valence-corrected chi connectivity index (χ3v) is 6.28. The predicted molar refractivity (Wildman–Crippen MR) is 134 cm³/mol. The van der Waals surface area contributed by atoms with Gasteiger partial charge in [-0.2, -0.15) is 0 Å². The van der Waals surface area contributed by atoms with Crippen molar-refractivity contribution < 1.29 is 9.64 Å². The van der Waals surface area contributed by atoms with Crippen molar-refractivity contribution in [2.75, 3.05) is 38.1 Å². The Kier molecular flexibility index (Phi) is 7.39. The molecule has 168 valence electrons. The van der Waals surface area contributed by atoms with E-state index in [9.17, 15) is 4.79 Å². The zero-order valence-corrected chi connectivity index (χ0v) is 19.3. The van der Waals surface area contributed by atoms with Crippen molar-refractivity contribution in [3.05, 3.63) is 70.5 Å². The Morgan fingerprint density at radius 1 is 1.16 bits per heavy atom. The minimum Gasteiger partial charge on any atom is -0.494 e. The summed E-state index contributed by atoms with van der Waals surface area (Å²) in [4.78, 5) is 19.6. The lowest BCUT2D eigenvalue weighted by Gasteiger charge is -2.27. The lowest BCUT2D eigenvalue weighted by Crippen LogP contribution is -3.10. The molecule has 6 nitrogen and oxygen atoms in total. The van der Waals surface area contributed by atoms with Gasteiger partial charge < -0.3 is 24.8 Å². The summed E-state index contributed by atoms with van der Waals surface area (Å²) in [6, 6.07) is 17.6. The zero-order chi connectivity index (χ0) is 22.3. The van der Waals surface area contributed by atoms with Gasteiger partial charge in [0.25, 0.3) is 5.56 Å². The summed E-state index contributed by atoms with van der Waals surface area (Å²) in [6.07, 6.45) is 2.57. The summed E-state index contributed by atoms with van der Waals surface area (Å²) in [6.45, 7) is 7.25. The molecule has 0 saturated carbocycles. The second-order valence-electron chi connectivity index (χ2n) is 8.23. The molecular formula is C25H31N4O2S+. The summed E-state index contributed by atoms with van der Waals surface area (Å²) in [5.74, 6) is 0.800. The molecule has 1 aromatic heterocycles. The van der Waals surface area contributed by atoms with E-state index in [0.717, 1.165) is 35.4 Å². The highest BCUT2D eigenvalue weighted by Crippen LogP contribution is 2.20. The van der Waals surface area contributed by atoms with Crippen molar-refractivity contribution in [1.82, 2.24) is 9.88 Å². The number of aromatic nitrogens is 1. The Morgan fingerprint density at radius 3 is 2.69 bits per heavy atom. The molecule has 0 spiro atoms. The number of ether oxygens (including phenoxy) is 1. The normalized spacial score (nSPS) is 13.9. The second-order valence-corrected chi connectivity index (χ2v) is 8.62. The Balaban J connectivity index is 1.56. The van der Waals surface area contributed by atoms with Gasteiger partial charge in [-0.25, -0.2) is 0 Å². The first-order valence-corrected chi connectivity index (χ1v) is 11.8. The number of H-pyrrole nitrogens is 1. The highest BCUT2D eigenvalue weighted by molar-refractivity contribution is 7.80. The van der Waals surface area contributed by atoms with E-state index in [0.29, 0.717) is 23.8 Å². The summed E-state index contributed by atoms with van der Waals surface area (Å²) >= 11 is 5.76. The lowest BCUT2D eigenvalue weighted by molar-refractivity contribution is -0.886. The number of likely N-dealkylation sites (tertiary alicyclic amines) is 1. The van der Waals surface area contributed by atoms with Crippen LogP contribution in [0.5, 0.6) is 5.75 Å². The van der Waals surface area contributed by atoms with Crippen LogP contribution >= 0.6 is 12.2 Å². The molecule has 4 rings (SSSR count). The average Bonchev–Trinajstić information content (AvgIpc) is 3.31. The largest absolute Gasteiger partial charge is 0.494 e. The number of nitrogens with one attached hydrogen (secondary N) is 3. The number of nitrogens with zero attached hydrogens (tertiary/aromatic N) is 1. The number of hydrogen-bond acceptors (Lipinski definition) is 3. The zero-order valence-electron chi connectivity index (χ0n) is 18.5. The maximum Gasteiger partial charge on any atom is 0.253 e. The van der Waals surface area contributed by atoms with Crippen LogP contribution in [0.1, 0.15) is 25.3 Å². The van der Waals surface area contributed by atoms with Gasteiger partial charge in [-0.15, -0.1) is 0 Å². The van der Waals surface area contributed by atoms with Crippen LogP contribution in [-0.4, -0.2) is 47.8 Å². The summed E-state index contributed by atoms with van der Waals surface area (Å²) < 4.78 is 5.63. The lowest BCUT2D eigenvalue weighted by atomic mass is 10.1. The number of thiocarbonyl (C=S) groups is 1. The van der Waals surface area contributed by atoms with Crippen molar-refractivity contribution in [2.24, 2.45) is 0 Å². The SMILES string of the molecule is CCOc1ccc2[nH]c(=O)c(CN(CC[NH+]3CCCC3)C(=S)Nc3ccccc3)cc2c1. The molecule has 0 atom stereocenters. The van der Waals surface area contributed by atoms with Gasteiger partial charge in [0.1, 0.15) is 5.75 Å². The molecule has 1 aliphatic heterocycles. The number of para-hydroxylation sites is 1. The average molecular weight is 452 g/mol. The maximum absolute atomic E-state index is 12.8. The molecule has 7 heteroatoms. The fourth-order valence-electron chi connectivity index (χ4n) is 4.20. The third-order valence-electron chi connectivity index (χ3n) is 5.92. The molecule has 2 heterocycles. The van der Waals surface area contributed by atoms with Gasteiger partial charge in [0.15, 0.2) is 5.11 Å². The van der Waals surface area contributed by atoms with Crippen LogP contribution in [-0.2, 0) is 6.54 Å². The van der Waals surface area contributed by atoms with Crippen molar-refractivity contribution >= 4 is 33.9 Å². The fraction of sp³-hybridized carbons (Fsp3) is 0.360. The van der Waals surface area contributed by atoms with E-state index in [1.807, 2.05) is 61.5 Å². The topological polar surface area (TPSA) is 61.8 Å². The first-order valence-electron chi connectivity index (χ1n) is 11.4. The van der Waals surface area contributed by atoms with Crippen LogP contribution in [0.4, 0.5) is 5.69 Å². The molecule has 2 aromatic carbocycles. The molecule has 0 bridgehead atoms. The Bertz CT molecular complexity index is 1110. The molecule has 0 radical (unpaired) electrons. The number of anilines is 1. The molecule has 3 N–H and O–H groups in total. The van der Waals surface area contributed by atoms with Crippen LogP contribution in [0.3, 0.4) is 0 Å². The van der Waals surface area contributed by atoms with Crippen molar-refractivity contribution in [3.63, 3.8) is 0 Å². The van der Waals surface area contributed by atoms with Gasteiger partial charge in [0.05, 0.1) is 39.3 Å². The summed E-state index contributed by atoms with van der Waals surface area (Å²) in [7, 11) is 0. The van der Waals surface area contributed by atoms with Crippen molar-refractivity contribution in [1.29, 1.82) is 0 Å². The van der Waals surface area contributed by atoms with Gasteiger partial charge in [-0.1, -0.05) is 18.2 Å². The highest BCUT2D eigenvalue weighted by Gasteiger charge is 2.19. The first-order chi connectivity index (χ1) is 15.6. The van der Waals surface area contributed by atoms with Gasteiger partial charge in [-0.05, 0) is 55.5 Å². The van der Waals surface area contributed by atoms with E-state index < -0.39 is 0 Å². The Morgan fingerprint density at radius 2 is 1.94 bits per heavy atom. The molecule has 0 unspecified atom stereocenters. The Labute approximate surface area is 194 Å². The standard InChI is InChI=1S/C25H30N4O2S/c1-2-31-22-10-11-23-19(17-22)16-20(24(30)27-23)18-29(15-14-28-12-6-7-13-28)25(32)26-21-8-4-3-5-9-21/h3-5,8-11,16-17H,2,6-7,12-15,18H2,1H3,(H,26,32)(H,27,30)/p+1. The number of quaternary nitrogens is 1. The molecule has 1 saturated heterocycles. The number of hydrogen-bond donors (Lipinski definition) is 3. The maximum atomic E-state index is 12.8. The predicted octanol–water partition coefficient (Wildman–Crippen LogP) is 2.80. The second kappa shape index (κ2) is 10.6. The van der Waals surface area contributed by atoms with Gasteiger partial charge in [0, 0.05) is 35.0 Å². The number of benzene rings is 2. The molecular weight excluding hydrogens is 420 g/mol. The van der Waals surface area contributed by atoms with E-state index in [4.69, 9.17) is 17.0 Å². The van der Waals surface area contributed by atoms with Crippen LogP contribution in [0.25, 0.3) is 10.9 Å². The third kappa shape index (κ3) is 5.66. The van der Waals surface area contributed by atoms with Crippen LogP contribution in [0, 0.1) is 0 Å². The molecule has 3 aromatic rings. The van der Waals surface area contributed by atoms with E-state index in [1.165, 1.54) is 25.9 Å². The smallest absolute Gasteiger partial charge is 0.253 e. The Hall–Kier alpha value is -2.90. The van der Waals surface area contributed by atoms with Crippen molar-refractivity contribution in [2.45, 2.75) is 26.3 Å². The van der Waals surface area contributed by atoms with E-state index >= 15 is 0 Å². The quantitative estimate of drug-likeness (QED) is 0.460. The van der Waals surface area contributed by atoms with Crippen molar-refractivity contribution in [3.8, 4) is 5.75 Å². The van der Waals surface area contributed by atoms with Crippen LogP contribution in [0.2, 0.25) is 0 Å². The van der Waals surface area contributed by atoms with E-state index in [-0.39, 0.29) is 5.56 Å². The molecule has 1 fully saturated rings. The molecule has 0 amide bonds. The number of fused-ring (bicyclic) bond motifs is 1. The number of rotatable bonds is 8. The minimum atomic E-state index is -0.0808. The van der Waals surface area contributed by atoms with Gasteiger partial charge in [0.2, 0.25) is 0 Å². The van der Waals surface area contributed by atoms with Gasteiger partial charge >= 0.3 is 0 Å². The molecule has 1 aliphatic rings. The van der Waals surface area contributed by atoms with Gasteiger partial charge in [-0.3, -0.25) is 4.79 Å². The number of pyridine rings is 1. The number of aromatic amines is 1. The minimum absolute atomic E-state index is 0.0808. The van der Waals surface area contributed by atoms with E-state index in [1.54, 1.807) is 4.90 Å². The summed E-state index contributed by atoms with van der Waals surface area (Å²) in [5.41, 5.74) is 2.37. The van der Waals surface area contributed by atoms with Crippen LogP contribution in [0.15, 0.2) is 59.4 Å². The monoisotopic (exact) mass is 451 g/mol. The van der Waals surface area contributed by atoms with E-state index in [2.05, 4.69) is 15.2 Å². The molecule has 32 heavy (non-hydrogen) atoms. The van der Waals surface area contributed by atoms with Crippen LogP contribution < -0.4 is 20.5 Å². The first kappa shape index (κ1) is 22.3.